The van der Waals surface area contributed by atoms with E-state index < -0.39 is 0 Å². The van der Waals surface area contributed by atoms with E-state index >= 15 is 0 Å². The zero-order valence-corrected chi connectivity index (χ0v) is 18.9. The highest BCUT2D eigenvalue weighted by atomic mass is 16.1. The molecule has 0 unspecified atom stereocenters. The van der Waals surface area contributed by atoms with Gasteiger partial charge in [0, 0.05) is 30.5 Å². The number of benzene rings is 1. The van der Waals surface area contributed by atoms with Crippen LogP contribution in [0.1, 0.15) is 42.1 Å². The second-order valence-electron chi connectivity index (χ2n) is 8.83. The third kappa shape index (κ3) is 4.28. The summed E-state index contributed by atoms with van der Waals surface area (Å²) in [5, 5.41) is 3.04. The molecule has 1 N–H and O–H groups in total. The first-order chi connectivity index (χ1) is 16.1. The first kappa shape index (κ1) is 21.4. The van der Waals surface area contributed by atoms with E-state index in [1.807, 2.05) is 59.1 Å². The molecule has 0 aliphatic carbocycles. The number of rotatable bonds is 7. The smallest absolute Gasteiger partial charge is 0.276 e. The number of pyridine rings is 1. The molecule has 33 heavy (non-hydrogen) atoms. The summed E-state index contributed by atoms with van der Waals surface area (Å²) in [6, 6.07) is 15.5. The monoisotopic (exact) mass is 443 g/mol. The fourth-order valence-corrected chi connectivity index (χ4v) is 4.74. The molecule has 1 fully saturated rings. The molecular weight excluding hydrogens is 414 g/mol. The van der Waals surface area contributed by atoms with Crippen LogP contribution in [0.2, 0.25) is 0 Å². The Bertz CT molecular complexity index is 1330. The minimum atomic E-state index is -0.0832. The third-order valence-electron chi connectivity index (χ3n) is 6.66. The molecule has 170 valence electrons. The summed E-state index contributed by atoms with van der Waals surface area (Å²) in [4.78, 5) is 32.6. The van der Waals surface area contributed by atoms with Crippen molar-refractivity contribution in [2.45, 2.75) is 38.8 Å². The first-order valence-electron chi connectivity index (χ1n) is 11.7. The van der Waals surface area contributed by atoms with Crippen LogP contribution in [0.15, 0.2) is 65.7 Å². The summed E-state index contributed by atoms with van der Waals surface area (Å²) in [7, 11) is 0. The highest BCUT2D eigenvalue weighted by Crippen LogP contribution is 2.15. The van der Waals surface area contributed by atoms with Crippen molar-refractivity contribution in [2.75, 3.05) is 19.6 Å². The fourth-order valence-electron chi connectivity index (χ4n) is 4.74. The number of aromatic nitrogens is 3. The van der Waals surface area contributed by atoms with Crippen LogP contribution in [0.5, 0.6) is 0 Å². The summed E-state index contributed by atoms with van der Waals surface area (Å²) >= 11 is 0. The Hall–Kier alpha value is -3.45. The number of carbonyl (C=O) groups excluding carboxylic acids is 1. The Kier molecular flexibility index (Phi) is 5.96. The zero-order valence-electron chi connectivity index (χ0n) is 18.9. The lowest BCUT2D eigenvalue weighted by molar-refractivity contribution is 0.0949. The quantitative estimate of drug-likeness (QED) is 0.476. The van der Waals surface area contributed by atoms with E-state index in [9.17, 15) is 9.59 Å². The van der Waals surface area contributed by atoms with Gasteiger partial charge < -0.3 is 14.6 Å². The van der Waals surface area contributed by atoms with Gasteiger partial charge in [-0.3, -0.25) is 14.2 Å². The topological polar surface area (TPSA) is 71.6 Å². The van der Waals surface area contributed by atoms with Gasteiger partial charge in [-0.05, 0) is 81.2 Å². The van der Waals surface area contributed by atoms with E-state index in [1.54, 1.807) is 10.8 Å². The normalized spacial score (nSPS) is 15.3. The molecular formula is C26H29N5O2. The van der Waals surface area contributed by atoms with Gasteiger partial charge in [-0.15, -0.1) is 0 Å². The van der Waals surface area contributed by atoms with Gasteiger partial charge in [0.05, 0.1) is 12.1 Å². The van der Waals surface area contributed by atoms with Crippen LogP contribution in [0.4, 0.5) is 0 Å². The highest BCUT2D eigenvalue weighted by molar-refractivity contribution is 5.94. The summed E-state index contributed by atoms with van der Waals surface area (Å²) < 4.78 is 3.57. The van der Waals surface area contributed by atoms with Crippen molar-refractivity contribution in [3.05, 3.63) is 82.4 Å². The largest absolute Gasteiger partial charge is 0.352 e. The summed E-state index contributed by atoms with van der Waals surface area (Å²) in [5.41, 5.74) is 3.63. The Labute approximate surface area is 192 Å². The second kappa shape index (κ2) is 9.19. The number of amides is 1. The minimum Gasteiger partial charge on any atom is -0.352 e. The van der Waals surface area contributed by atoms with E-state index in [0.29, 0.717) is 35.9 Å². The Morgan fingerprint density at radius 3 is 2.61 bits per heavy atom. The summed E-state index contributed by atoms with van der Waals surface area (Å²) in [6.07, 6.45) is 7.09. The molecule has 0 spiro atoms. The average molecular weight is 444 g/mol. The third-order valence-corrected chi connectivity index (χ3v) is 6.66. The van der Waals surface area contributed by atoms with Gasteiger partial charge in [0.2, 0.25) is 0 Å². The lowest BCUT2D eigenvalue weighted by Gasteiger charge is -2.23. The number of carbonyl (C=O) groups is 1. The summed E-state index contributed by atoms with van der Waals surface area (Å²) in [5.74, 6) is -0.0611. The molecule has 0 saturated carbocycles. The van der Waals surface area contributed by atoms with Crippen LogP contribution >= 0.6 is 0 Å². The molecule has 3 aromatic heterocycles. The van der Waals surface area contributed by atoms with Crippen LogP contribution in [0.3, 0.4) is 0 Å². The molecule has 0 bridgehead atoms. The SMILES string of the molecule is C[C@H](CCNC(=O)c1ccc(Cn2c(=O)c3cccn3c3cccnc32)cc1)N1CCCC1. The van der Waals surface area contributed by atoms with E-state index in [0.717, 1.165) is 17.5 Å². The van der Waals surface area contributed by atoms with Crippen LogP contribution in [0, 0.1) is 0 Å². The van der Waals surface area contributed by atoms with Crippen molar-refractivity contribution in [1.82, 2.24) is 24.2 Å². The van der Waals surface area contributed by atoms with E-state index in [1.165, 1.54) is 25.9 Å². The lowest BCUT2D eigenvalue weighted by Crippen LogP contribution is -2.34. The number of fused-ring (bicyclic) bond motifs is 3. The number of hydrogen-bond donors (Lipinski definition) is 1. The number of nitrogens with one attached hydrogen (secondary N) is 1. The van der Waals surface area contributed by atoms with Gasteiger partial charge in [-0.2, -0.15) is 0 Å². The maximum atomic E-state index is 13.1. The van der Waals surface area contributed by atoms with Crippen molar-refractivity contribution in [3.8, 4) is 0 Å². The van der Waals surface area contributed by atoms with Crippen LogP contribution in [-0.2, 0) is 6.54 Å². The Morgan fingerprint density at radius 2 is 1.82 bits per heavy atom. The molecule has 4 aromatic rings. The first-order valence-corrected chi connectivity index (χ1v) is 11.7. The predicted octanol–water partition coefficient (Wildman–Crippen LogP) is 3.30. The number of likely N-dealkylation sites (tertiary alicyclic amines) is 1. The number of nitrogens with zero attached hydrogens (tertiary/aromatic N) is 4. The van der Waals surface area contributed by atoms with Gasteiger partial charge in [0.1, 0.15) is 5.52 Å². The van der Waals surface area contributed by atoms with Crippen LogP contribution in [-0.4, -0.2) is 50.4 Å². The molecule has 5 rings (SSSR count). The van der Waals surface area contributed by atoms with Crippen LogP contribution < -0.4 is 10.9 Å². The minimum absolute atomic E-state index is 0.0611. The highest BCUT2D eigenvalue weighted by Gasteiger charge is 2.18. The molecule has 7 heteroatoms. The lowest BCUT2D eigenvalue weighted by atomic mass is 10.1. The molecule has 1 aliphatic heterocycles. The maximum absolute atomic E-state index is 13.1. The van der Waals surface area contributed by atoms with Crippen molar-refractivity contribution >= 4 is 22.6 Å². The van der Waals surface area contributed by atoms with E-state index in [-0.39, 0.29) is 11.5 Å². The van der Waals surface area contributed by atoms with Gasteiger partial charge in [0.15, 0.2) is 5.65 Å². The number of hydrogen-bond acceptors (Lipinski definition) is 4. The molecule has 0 radical (unpaired) electrons. The molecule has 1 aromatic carbocycles. The van der Waals surface area contributed by atoms with Gasteiger partial charge in [-0.1, -0.05) is 12.1 Å². The van der Waals surface area contributed by atoms with Crippen molar-refractivity contribution in [1.29, 1.82) is 0 Å². The van der Waals surface area contributed by atoms with Gasteiger partial charge >= 0.3 is 0 Å². The second-order valence-corrected chi connectivity index (χ2v) is 8.83. The molecule has 1 amide bonds. The van der Waals surface area contributed by atoms with Gasteiger partial charge in [0.25, 0.3) is 11.5 Å². The van der Waals surface area contributed by atoms with Crippen molar-refractivity contribution in [2.24, 2.45) is 0 Å². The van der Waals surface area contributed by atoms with Crippen molar-refractivity contribution < 1.29 is 4.79 Å². The maximum Gasteiger partial charge on any atom is 0.276 e. The van der Waals surface area contributed by atoms with Crippen molar-refractivity contribution in [3.63, 3.8) is 0 Å². The zero-order chi connectivity index (χ0) is 22.8. The standard InChI is InChI=1S/C26H29N5O2/c1-19(29-15-2-3-16-29)12-14-28-25(32)21-10-8-20(9-11-21)18-31-24-22(6-4-13-27-24)30-17-5-7-23(30)26(31)33/h4-11,13,17,19H,2-3,12,14-16,18H2,1H3,(H,28,32)/t19-/m1/s1. The van der Waals surface area contributed by atoms with E-state index in [4.69, 9.17) is 0 Å². The molecule has 4 heterocycles. The summed E-state index contributed by atoms with van der Waals surface area (Å²) in [6.45, 7) is 5.63. The van der Waals surface area contributed by atoms with Gasteiger partial charge in [-0.25, -0.2) is 4.98 Å². The molecule has 7 nitrogen and oxygen atoms in total. The molecule has 1 saturated heterocycles. The fraction of sp³-hybridized carbons (Fsp3) is 0.346. The molecule has 1 atom stereocenters. The Balaban J connectivity index is 1.28. The molecule has 1 aliphatic rings. The predicted molar refractivity (Wildman–Crippen MR) is 130 cm³/mol. The van der Waals surface area contributed by atoms with Crippen LogP contribution in [0.25, 0.3) is 16.7 Å². The average Bonchev–Trinajstić information content (AvgIpc) is 3.55. The van der Waals surface area contributed by atoms with E-state index in [2.05, 4.69) is 22.1 Å². The Morgan fingerprint density at radius 1 is 1.06 bits per heavy atom.